The van der Waals surface area contributed by atoms with E-state index in [-0.39, 0.29) is 30.3 Å². The summed E-state index contributed by atoms with van der Waals surface area (Å²) in [6.45, 7) is 0.243. The van der Waals surface area contributed by atoms with Crippen molar-refractivity contribution in [3.8, 4) is 11.5 Å². The number of alkyl halides is 3. The van der Waals surface area contributed by atoms with Gasteiger partial charge in [-0.05, 0) is 18.2 Å². The van der Waals surface area contributed by atoms with Crippen LogP contribution in [0.3, 0.4) is 0 Å². The van der Waals surface area contributed by atoms with Crippen molar-refractivity contribution in [2.75, 3.05) is 6.54 Å². The van der Waals surface area contributed by atoms with E-state index in [1.165, 1.54) is 0 Å². The van der Waals surface area contributed by atoms with Gasteiger partial charge in [-0.2, -0.15) is 13.2 Å². The molecule has 102 valence electrons. The van der Waals surface area contributed by atoms with Gasteiger partial charge in [0, 0.05) is 13.0 Å². The van der Waals surface area contributed by atoms with E-state index in [9.17, 15) is 17.6 Å². The van der Waals surface area contributed by atoms with E-state index < -0.39 is 17.6 Å². The summed E-state index contributed by atoms with van der Waals surface area (Å²) in [5.41, 5.74) is 3.90. The first-order valence-corrected chi connectivity index (χ1v) is 5.31. The Morgan fingerprint density at radius 3 is 2.58 bits per heavy atom. The van der Waals surface area contributed by atoms with Crippen LogP contribution in [0, 0.1) is 5.82 Å². The second-order valence-electron chi connectivity index (χ2n) is 3.73. The molecule has 19 heavy (non-hydrogen) atoms. The molecule has 0 amide bonds. The second kappa shape index (κ2) is 4.96. The summed E-state index contributed by atoms with van der Waals surface area (Å²) in [5, 5.41) is 7.08. The lowest BCUT2D eigenvalue weighted by molar-refractivity contribution is -0.137. The lowest BCUT2D eigenvalue weighted by Crippen LogP contribution is -2.05. The van der Waals surface area contributed by atoms with Gasteiger partial charge in [-0.1, -0.05) is 0 Å². The van der Waals surface area contributed by atoms with Crippen LogP contribution >= 0.6 is 0 Å². The zero-order valence-electron chi connectivity index (χ0n) is 9.54. The maximum Gasteiger partial charge on any atom is 0.416 e. The number of rotatable bonds is 3. The van der Waals surface area contributed by atoms with Gasteiger partial charge in [-0.15, -0.1) is 10.2 Å². The van der Waals surface area contributed by atoms with Gasteiger partial charge in [0.25, 0.3) is 5.89 Å². The minimum atomic E-state index is -4.57. The lowest BCUT2D eigenvalue weighted by Gasteiger charge is -2.07. The van der Waals surface area contributed by atoms with E-state index in [4.69, 9.17) is 10.2 Å². The molecule has 8 heteroatoms. The molecule has 0 unspecified atom stereocenters. The molecular formula is C11H9F4N3O. The summed E-state index contributed by atoms with van der Waals surface area (Å²) in [5.74, 6) is -1.02. The van der Waals surface area contributed by atoms with Crippen LogP contribution in [-0.4, -0.2) is 16.7 Å². The normalized spacial score (nSPS) is 11.8. The minimum absolute atomic E-state index is 0.148. The van der Waals surface area contributed by atoms with E-state index in [1.807, 2.05) is 0 Å². The molecule has 0 saturated carbocycles. The highest BCUT2D eigenvalue weighted by atomic mass is 19.4. The highest BCUT2D eigenvalue weighted by molar-refractivity contribution is 5.55. The van der Waals surface area contributed by atoms with Crippen LogP contribution in [0.25, 0.3) is 11.5 Å². The first-order chi connectivity index (χ1) is 8.91. The fourth-order valence-electron chi connectivity index (χ4n) is 1.45. The molecule has 0 saturated heterocycles. The summed E-state index contributed by atoms with van der Waals surface area (Å²) in [7, 11) is 0. The average molecular weight is 275 g/mol. The first kappa shape index (κ1) is 13.5. The van der Waals surface area contributed by atoms with Crippen LogP contribution in [0.15, 0.2) is 22.6 Å². The summed E-state index contributed by atoms with van der Waals surface area (Å²) >= 11 is 0. The number of halogens is 4. The molecule has 0 bridgehead atoms. The Morgan fingerprint density at radius 2 is 1.95 bits per heavy atom. The number of hydrogen-bond acceptors (Lipinski definition) is 4. The third-order valence-corrected chi connectivity index (χ3v) is 2.35. The molecular weight excluding hydrogens is 266 g/mol. The molecule has 0 fully saturated rings. The molecule has 1 aromatic carbocycles. The third kappa shape index (κ3) is 2.90. The van der Waals surface area contributed by atoms with Crippen LogP contribution in [0.4, 0.5) is 17.6 Å². The molecule has 2 N–H and O–H groups in total. The largest absolute Gasteiger partial charge is 0.421 e. The SMILES string of the molecule is NCCc1nnc(-c2cc(C(F)(F)F)ccc2F)o1. The molecule has 2 aromatic rings. The van der Waals surface area contributed by atoms with E-state index in [0.29, 0.717) is 18.2 Å². The fraction of sp³-hybridized carbons (Fsp3) is 0.273. The van der Waals surface area contributed by atoms with E-state index in [2.05, 4.69) is 10.2 Å². The Bertz CT molecular complexity index is 580. The monoisotopic (exact) mass is 275 g/mol. The van der Waals surface area contributed by atoms with Gasteiger partial charge in [0.05, 0.1) is 11.1 Å². The summed E-state index contributed by atoms with van der Waals surface area (Å²) in [6, 6.07) is 2.00. The van der Waals surface area contributed by atoms with Crippen LogP contribution < -0.4 is 5.73 Å². The van der Waals surface area contributed by atoms with Gasteiger partial charge in [0.1, 0.15) is 5.82 Å². The van der Waals surface area contributed by atoms with Crippen molar-refractivity contribution in [1.29, 1.82) is 0 Å². The predicted molar refractivity (Wildman–Crippen MR) is 57.5 cm³/mol. The topological polar surface area (TPSA) is 64.9 Å². The maximum absolute atomic E-state index is 13.5. The number of benzene rings is 1. The molecule has 1 heterocycles. The molecule has 0 atom stereocenters. The molecule has 0 radical (unpaired) electrons. The zero-order valence-corrected chi connectivity index (χ0v) is 9.54. The van der Waals surface area contributed by atoms with Crippen molar-refractivity contribution in [3.05, 3.63) is 35.5 Å². The van der Waals surface area contributed by atoms with Gasteiger partial charge < -0.3 is 10.2 Å². The summed E-state index contributed by atoms with van der Waals surface area (Å²) < 4.78 is 56.2. The summed E-state index contributed by atoms with van der Waals surface area (Å²) in [4.78, 5) is 0. The highest BCUT2D eigenvalue weighted by Gasteiger charge is 2.31. The second-order valence-corrected chi connectivity index (χ2v) is 3.73. The van der Waals surface area contributed by atoms with Crippen LogP contribution in [0.1, 0.15) is 11.5 Å². The standard InChI is InChI=1S/C11H9F4N3O/c12-8-2-1-6(11(13,14)15)5-7(8)10-18-17-9(19-10)3-4-16/h1-2,5H,3-4,16H2. The predicted octanol–water partition coefficient (Wildman–Crippen LogP) is 2.40. The van der Waals surface area contributed by atoms with E-state index in [1.54, 1.807) is 0 Å². The molecule has 2 rings (SSSR count). The van der Waals surface area contributed by atoms with Crippen molar-refractivity contribution in [2.24, 2.45) is 5.73 Å². The van der Waals surface area contributed by atoms with E-state index in [0.717, 1.165) is 0 Å². The number of nitrogens with two attached hydrogens (primary N) is 1. The zero-order chi connectivity index (χ0) is 14.0. The smallest absolute Gasteiger partial charge is 0.416 e. The van der Waals surface area contributed by atoms with Gasteiger partial charge in [-0.3, -0.25) is 0 Å². The quantitative estimate of drug-likeness (QED) is 0.873. The Labute approximate surface area is 105 Å². The number of aromatic nitrogens is 2. The number of hydrogen-bond donors (Lipinski definition) is 1. The fourth-order valence-corrected chi connectivity index (χ4v) is 1.45. The molecule has 4 nitrogen and oxygen atoms in total. The molecule has 0 aliphatic carbocycles. The van der Waals surface area contributed by atoms with Crippen molar-refractivity contribution >= 4 is 0 Å². The lowest BCUT2D eigenvalue weighted by atomic mass is 10.1. The number of nitrogens with zero attached hydrogens (tertiary/aromatic N) is 2. The molecule has 1 aromatic heterocycles. The molecule has 0 aliphatic rings. The van der Waals surface area contributed by atoms with E-state index >= 15 is 0 Å². The summed E-state index contributed by atoms with van der Waals surface area (Å²) in [6.07, 6.45) is -4.30. The van der Waals surface area contributed by atoms with Gasteiger partial charge in [0.2, 0.25) is 5.89 Å². The Morgan fingerprint density at radius 1 is 1.21 bits per heavy atom. The Kier molecular flexibility index (Phi) is 3.52. The van der Waals surface area contributed by atoms with Crippen LogP contribution in [0.5, 0.6) is 0 Å². The molecule has 0 spiro atoms. The Balaban J connectivity index is 2.42. The Hall–Kier alpha value is -1.96. The van der Waals surface area contributed by atoms with Gasteiger partial charge >= 0.3 is 6.18 Å². The highest BCUT2D eigenvalue weighted by Crippen LogP contribution is 2.33. The average Bonchev–Trinajstić information content (AvgIpc) is 2.77. The van der Waals surface area contributed by atoms with Gasteiger partial charge in [0.15, 0.2) is 0 Å². The van der Waals surface area contributed by atoms with Crippen molar-refractivity contribution in [2.45, 2.75) is 12.6 Å². The van der Waals surface area contributed by atoms with Crippen LogP contribution in [0.2, 0.25) is 0 Å². The molecule has 0 aliphatic heterocycles. The maximum atomic E-state index is 13.5. The third-order valence-electron chi connectivity index (χ3n) is 2.35. The minimum Gasteiger partial charge on any atom is -0.421 e. The van der Waals surface area contributed by atoms with Gasteiger partial charge in [-0.25, -0.2) is 4.39 Å². The van der Waals surface area contributed by atoms with Crippen molar-refractivity contribution in [1.82, 2.24) is 10.2 Å². The first-order valence-electron chi connectivity index (χ1n) is 5.31. The van der Waals surface area contributed by atoms with Crippen LogP contribution in [-0.2, 0) is 12.6 Å². The van der Waals surface area contributed by atoms with Crippen molar-refractivity contribution < 1.29 is 22.0 Å². The van der Waals surface area contributed by atoms with Crippen molar-refractivity contribution in [3.63, 3.8) is 0 Å².